The fourth-order valence-electron chi connectivity index (χ4n) is 8.67. The average molecular weight is 757 g/mol. The minimum atomic E-state index is -0.874. The molecule has 0 amide bonds. The number of carbonyl (C=O) groups is 2. The lowest BCUT2D eigenvalue weighted by atomic mass is 9.76. The molecule has 0 saturated carbocycles. The summed E-state index contributed by atoms with van der Waals surface area (Å²) in [6, 6.07) is 15.0. The van der Waals surface area contributed by atoms with Crippen molar-refractivity contribution < 1.29 is 36.6 Å². The van der Waals surface area contributed by atoms with Crippen molar-refractivity contribution in [3.05, 3.63) is 128 Å². The minimum Gasteiger partial charge on any atom is -0.423 e. The van der Waals surface area contributed by atoms with Gasteiger partial charge in [0.2, 0.25) is 0 Å². The Labute approximate surface area is 322 Å². The SMILES string of the molecule is CCCCCCCCc1c(F)cc(C(=O)Oc2cccc3c2C2(CC3)CCc3cccc(OC(=O)c4cc(F)c(CCCCCCCC)c(F)c4)c32)cc1F. The summed E-state index contributed by atoms with van der Waals surface area (Å²) in [6.07, 6.45) is 15.0. The van der Waals surface area contributed by atoms with E-state index in [-0.39, 0.29) is 46.6 Å². The highest BCUT2D eigenvalue weighted by Crippen LogP contribution is 2.57. The lowest BCUT2D eigenvalue weighted by Gasteiger charge is -2.29. The van der Waals surface area contributed by atoms with Gasteiger partial charge in [-0.1, -0.05) is 102 Å². The summed E-state index contributed by atoms with van der Waals surface area (Å²) in [5.74, 6) is -4.26. The number of unbranched alkanes of at least 4 members (excludes halogenated alkanes) is 10. The van der Waals surface area contributed by atoms with Gasteiger partial charge in [0.25, 0.3) is 0 Å². The molecule has 0 radical (unpaired) electrons. The van der Waals surface area contributed by atoms with E-state index in [0.29, 0.717) is 38.5 Å². The normalized spacial score (nSPS) is 13.9. The van der Waals surface area contributed by atoms with Crippen molar-refractivity contribution in [3.8, 4) is 11.5 Å². The van der Waals surface area contributed by atoms with Gasteiger partial charge in [-0.2, -0.15) is 0 Å². The number of ether oxygens (including phenoxy) is 2. The van der Waals surface area contributed by atoms with Crippen LogP contribution in [0.15, 0.2) is 60.7 Å². The molecule has 4 nitrogen and oxygen atoms in total. The number of hydrogen-bond acceptors (Lipinski definition) is 4. The number of halogens is 4. The van der Waals surface area contributed by atoms with E-state index in [1.807, 2.05) is 12.1 Å². The highest BCUT2D eigenvalue weighted by atomic mass is 19.1. The lowest BCUT2D eigenvalue weighted by molar-refractivity contribution is 0.0724. The summed E-state index contributed by atoms with van der Waals surface area (Å²) in [6.45, 7) is 4.27. The molecule has 292 valence electrons. The zero-order valence-electron chi connectivity index (χ0n) is 32.1. The number of benzene rings is 4. The number of esters is 2. The van der Waals surface area contributed by atoms with Gasteiger partial charge in [0.15, 0.2) is 0 Å². The van der Waals surface area contributed by atoms with Crippen molar-refractivity contribution in [2.45, 2.75) is 135 Å². The van der Waals surface area contributed by atoms with Gasteiger partial charge < -0.3 is 9.47 Å². The van der Waals surface area contributed by atoms with E-state index in [9.17, 15) is 9.59 Å². The van der Waals surface area contributed by atoms with E-state index in [4.69, 9.17) is 9.47 Å². The number of rotatable bonds is 18. The maximum Gasteiger partial charge on any atom is 0.343 e. The first-order valence-electron chi connectivity index (χ1n) is 20.3. The van der Waals surface area contributed by atoms with Crippen LogP contribution < -0.4 is 9.47 Å². The Kier molecular flexibility index (Phi) is 13.5. The second-order valence-electron chi connectivity index (χ2n) is 15.3. The molecule has 2 aliphatic carbocycles. The molecule has 0 aliphatic heterocycles. The first kappa shape index (κ1) is 40.2. The van der Waals surface area contributed by atoms with Crippen LogP contribution in [0.5, 0.6) is 11.5 Å². The average Bonchev–Trinajstić information content (AvgIpc) is 3.74. The third-order valence-electron chi connectivity index (χ3n) is 11.5. The summed E-state index contributed by atoms with van der Waals surface area (Å²) in [5, 5.41) is 0. The molecule has 0 bridgehead atoms. The quantitative estimate of drug-likeness (QED) is 0.0439. The van der Waals surface area contributed by atoms with Gasteiger partial charge in [0.05, 0.1) is 11.1 Å². The molecule has 4 aromatic rings. The fourth-order valence-corrected chi connectivity index (χ4v) is 8.67. The third kappa shape index (κ3) is 9.00. The van der Waals surface area contributed by atoms with Gasteiger partial charge in [-0.05, 0) is 98.9 Å². The molecular formula is C47H52F4O4. The molecule has 0 unspecified atom stereocenters. The summed E-state index contributed by atoms with van der Waals surface area (Å²) < 4.78 is 72.6. The predicted molar refractivity (Wildman–Crippen MR) is 207 cm³/mol. The van der Waals surface area contributed by atoms with Crippen molar-refractivity contribution in [2.24, 2.45) is 0 Å². The number of aryl methyl sites for hydroxylation is 2. The van der Waals surface area contributed by atoms with Crippen LogP contribution >= 0.6 is 0 Å². The molecule has 2 aliphatic rings. The molecule has 0 atom stereocenters. The van der Waals surface area contributed by atoms with Gasteiger partial charge in [-0.3, -0.25) is 0 Å². The van der Waals surface area contributed by atoms with Gasteiger partial charge in [-0.25, -0.2) is 27.2 Å². The molecule has 6 rings (SSSR count). The van der Waals surface area contributed by atoms with Crippen LogP contribution in [0.3, 0.4) is 0 Å². The number of carbonyl (C=O) groups excluding carboxylic acids is 2. The molecule has 0 saturated heterocycles. The molecule has 0 aromatic heterocycles. The Morgan fingerprint density at radius 3 is 1.29 bits per heavy atom. The predicted octanol–water partition coefficient (Wildman–Crippen LogP) is 12.7. The summed E-state index contributed by atoms with van der Waals surface area (Å²) in [5.41, 5.74) is 2.27. The van der Waals surface area contributed by atoms with Gasteiger partial charge in [-0.15, -0.1) is 0 Å². The van der Waals surface area contributed by atoms with Crippen LogP contribution in [0.25, 0.3) is 0 Å². The molecule has 0 heterocycles. The standard InChI is InChI=1S/C47H52F4O4/c1-3-5-7-9-11-13-19-35-37(48)27-33(28-38(35)49)45(52)54-41-21-15-17-31-23-25-47(43(31)41)26-24-32-18-16-22-42(44(32)47)55-46(53)34-29-39(50)36(40(51)30-34)20-14-12-10-8-6-4-2/h15-18,21-22,27-30H,3-14,19-20,23-26H2,1-2H3. The smallest absolute Gasteiger partial charge is 0.343 e. The second kappa shape index (κ2) is 18.4. The largest absolute Gasteiger partial charge is 0.423 e. The van der Waals surface area contributed by atoms with E-state index in [0.717, 1.165) is 111 Å². The zero-order valence-corrected chi connectivity index (χ0v) is 32.1. The van der Waals surface area contributed by atoms with Crippen LogP contribution in [0.4, 0.5) is 17.6 Å². The van der Waals surface area contributed by atoms with Crippen LogP contribution in [0, 0.1) is 23.3 Å². The molecule has 8 heteroatoms. The Bertz CT molecular complexity index is 1810. The van der Waals surface area contributed by atoms with E-state index >= 15 is 17.6 Å². The highest BCUT2D eigenvalue weighted by Gasteiger charge is 2.49. The van der Waals surface area contributed by atoms with Gasteiger partial charge in [0, 0.05) is 27.7 Å². The second-order valence-corrected chi connectivity index (χ2v) is 15.3. The number of fused-ring (bicyclic) bond motifs is 4. The molecular weight excluding hydrogens is 705 g/mol. The molecule has 0 fully saturated rings. The van der Waals surface area contributed by atoms with Crippen LogP contribution in [0.1, 0.15) is 158 Å². The van der Waals surface area contributed by atoms with Crippen molar-refractivity contribution >= 4 is 11.9 Å². The van der Waals surface area contributed by atoms with Crippen LogP contribution in [0.2, 0.25) is 0 Å². The van der Waals surface area contributed by atoms with E-state index < -0.39 is 40.6 Å². The maximum absolute atomic E-state index is 15.2. The van der Waals surface area contributed by atoms with Gasteiger partial charge in [0.1, 0.15) is 34.8 Å². The van der Waals surface area contributed by atoms with E-state index in [1.165, 1.54) is 0 Å². The van der Waals surface area contributed by atoms with Crippen molar-refractivity contribution in [3.63, 3.8) is 0 Å². The first-order chi connectivity index (χ1) is 26.7. The van der Waals surface area contributed by atoms with Crippen molar-refractivity contribution in [1.29, 1.82) is 0 Å². The van der Waals surface area contributed by atoms with Gasteiger partial charge >= 0.3 is 11.9 Å². The lowest BCUT2D eigenvalue weighted by Crippen LogP contribution is -2.25. The summed E-state index contributed by atoms with van der Waals surface area (Å²) >= 11 is 0. The number of hydrogen-bond donors (Lipinski definition) is 0. The minimum absolute atomic E-state index is 0.0224. The summed E-state index contributed by atoms with van der Waals surface area (Å²) in [4.78, 5) is 27.0. The molecule has 1 spiro atoms. The van der Waals surface area contributed by atoms with Crippen LogP contribution in [-0.2, 0) is 31.1 Å². The molecule has 4 aromatic carbocycles. The monoisotopic (exact) mass is 756 g/mol. The summed E-state index contributed by atoms with van der Waals surface area (Å²) in [7, 11) is 0. The zero-order chi connectivity index (χ0) is 39.0. The Morgan fingerprint density at radius 2 is 0.909 bits per heavy atom. The fraction of sp³-hybridized carbons (Fsp3) is 0.447. The topological polar surface area (TPSA) is 52.6 Å². The Morgan fingerprint density at radius 1 is 0.545 bits per heavy atom. The van der Waals surface area contributed by atoms with Crippen molar-refractivity contribution in [2.75, 3.05) is 0 Å². The highest BCUT2D eigenvalue weighted by molar-refractivity contribution is 5.92. The van der Waals surface area contributed by atoms with Crippen molar-refractivity contribution in [1.82, 2.24) is 0 Å². The van der Waals surface area contributed by atoms with E-state index in [2.05, 4.69) is 13.8 Å². The van der Waals surface area contributed by atoms with Crippen LogP contribution in [-0.4, -0.2) is 11.9 Å². The third-order valence-corrected chi connectivity index (χ3v) is 11.5. The molecule has 55 heavy (non-hydrogen) atoms. The molecule has 0 N–H and O–H groups in total. The maximum atomic E-state index is 15.2. The Balaban J connectivity index is 1.20. The Hall–Kier alpha value is -4.46. The van der Waals surface area contributed by atoms with E-state index in [1.54, 1.807) is 24.3 Å². The first-order valence-corrected chi connectivity index (χ1v) is 20.3.